The molecule has 1 aromatic carbocycles. The molecule has 3 heterocycles. The predicted octanol–water partition coefficient (Wildman–Crippen LogP) is 2.41. The quantitative estimate of drug-likeness (QED) is 0.374. The molecule has 40 heavy (non-hydrogen) atoms. The number of nitrogens with zero attached hydrogens (tertiary/aromatic N) is 4. The summed E-state index contributed by atoms with van der Waals surface area (Å²) in [5.74, 6) is -0.620. The molecule has 2 fully saturated rings. The summed E-state index contributed by atoms with van der Waals surface area (Å²) >= 11 is 0. The molecule has 0 radical (unpaired) electrons. The number of anilines is 1. The molecular weight excluding hydrogens is 508 g/mol. The number of aryl methyl sites for hydroxylation is 1. The summed E-state index contributed by atoms with van der Waals surface area (Å²) in [4.78, 5) is 30.4. The second-order valence-electron chi connectivity index (χ2n) is 10.7. The van der Waals surface area contributed by atoms with Gasteiger partial charge in [-0.3, -0.25) is 14.3 Å². The molecule has 0 bridgehead atoms. The Labute approximate surface area is 238 Å². The van der Waals surface area contributed by atoms with E-state index in [2.05, 4.69) is 33.6 Å². The van der Waals surface area contributed by atoms with Gasteiger partial charge in [0.15, 0.2) is 0 Å². The Kier molecular flexibility index (Phi) is 11.5. The Morgan fingerprint density at radius 3 is 2.48 bits per heavy atom. The second-order valence-corrected chi connectivity index (χ2v) is 10.7. The first-order valence-electron chi connectivity index (χ1n) is 14.8. The van der Waals surface area contributed by atoms with Crippen molar-refractivity contribution in [3.8, 4) is 11.3 Å². The molecule has 0 aliphatic carbocycles. The van der Waals surface area contributed by atoms with Crippen LogP contribution >= 0.6 is 0 Å². The molecule has 2 saturated heterocycles. The number of aliphatic hydroxyl groups is 2. The van der Waals surface area contributed by atoms with Crippen molar-refractivity contribution in [3.05, 3.63) is 36.0 Å². The Balaban J connectivity index is 0.00000216. The van der Waals surface area contributed by atoms with Crippen LogP contribution in [0.5, 0.6) is 0 Å². The zero-order valence-electron chi connectivity index (χ0n) is 24.9. The molecule has 222 valence electrons. The highest BCUT2D eigenvalue weighted by molar-refractivity contribution is 5.89. The summed E-state index contributed by atoms with van der Waals surface area (Å²) in [6.45, 7) is 15.8. The number of hydrogen-bond acceptors (Lipinski definition) is 7. The van der Waals surface area contributed by atoms with Crippen LogP contribution in [-0.2, 0) is 16.1 Å². The van der Waals surface area contributed by atoms with Gasteiger partial charge in [0.05, 0.1) is 24.4 Å². The van der Waals surface area contributed by atoms with Gasteiger partial charge in [-0.05, 0) is 25.0 Å². The van der Waals surface area contributed by atoms with Gasteiger partial charge in [0.1, 0.15) is 6.04 Å². The van der Waals surface area contributed by atoms with E-state index < -0.39 is 18.2 Å². The number of carbonyl (C=O) groups excluding carboxylic acids is 2. The first-order valence-corrected chi connectivity index (χ1v) is 14.8. The number of carbonyl (C=O) groups is 2. The largest absolute Gasteiger partial charge is 0.394 e. The fourth-order valence-electron chi connectivity index (χ4n) is 5.35. The van der Waals surface area contributed by atoms with E-state index in [4.69, 9.17) is 0 Å². The van der Waals surface area contributed by atoms with Gasteiger partial charge in [-0.15, -0.1) is 0 Å². The standard InChI is InChI=1S/C28H42N6O4.C2H6/c1-5-34-24(8-9-30-34)20-6-7-22(25(14-20)32-12-10-29-11-13-32)23(17-35)31-27(37)26-15-21(36)16-33(26)28(38)19(4)18(2)3;1-2/h6-9,14,18-19,21,23,26,29,35-36H,5,10-13,15-17H2,1-4H3,(H,31,37);1-2H3. The van der Waals surface area contributed by atoms with Crippen LogP contribution in [0.4, 0.5) is 5.69 Å². The van der Waals surface area contributed by atoms with E-state index in [0.717, 1.165) is 55.2 Å². The number of rotatable bonds is 9. The lowest BCUT2D eigenvalue weighted by molar-refractivity contribution is -0.142. The second kappa shape index (κ2) is 14.6. The van der Waals surface area contributed by atoms with Gasteiger partial charge in [0.25, 0.3) is 0 Å². The van der Waals surface area contributed by atoms with Gasteiger partial charge in [0.2, 0.25) is 11.8 Å². The Morgan fingerprint density at radius 1 is 1.15 bits per heavy atom. The van der Waals surface area contributed by atoms with Crippen molar-refractivity contribution in [1.82, 2.24) is 25.3 Å². The topological polar surface area (TPSA) is 123 Å². The first kappa shape index (κ1) is 31.6. The van der Waals surface area contributed by atoms with Gasteiger partial charge >= 0.3 is 0 Å². The van der Waals surface area contributed by atoms with Crippen LogP contribution in [0, 0.1) is 11.8 Å². The third-order valence-electron chi connectivity index (χ3n) is 7.93. The number of aromatic nitrogens is 2. The molecule has 10 heteroatoms. The molecular formula is C30H48N6O4. The molecule has 0 saturated carbocycles. The Morgan fingerprint density at radius 2 is 1.85 bits per heavy atom. The first-order chi connectivity index (χ1) is 19.2. The SMILES string of the molecule is CC.CCn1nccc1-c1ccc(C(CO)NC(=O)C2CC(O)CN2C(=O)C(C)C(C)C)c(N2CCNCC2)c1. The lowest BCUT2D eigenvalue weighted by Gasteiger charge is -2.34. The molecule has 2 amide bonds. The van der Waals surface area contributed by atoms with Crippen LogP contribution in [0.15, 0.2) is 30.5 Å². The average Bonchev–Trinajstić information content (AvgIpc) is 3.63. The predicted molar refractivity (Wildman–Crippen MR) is 158 cm³/mol. The lowest BCUT2D eigenvalue weighted by Crippen LogP contribution is -2.49. The van der Waals surface area contributed by atoms with Crippen molar-refractivity contribution < 1.29 is 19.8 Å². The van der Waals surface area contributed by atoms with Gasteiger partial charge in [-0.2, -0.15) is 5.10 Å². The molecule has 1 aromatic heterocycles. The fraction of sp³-hybridized carbons (Fsp3) is 0.633. The maximum absolute atomic E-state index is 13.5. The van der Waals surface area contributed by atoms with Crippen molar-refractivity contribution in [2.45, 2.75) is 72.7 Å². The van der Waals surface area contributed by atoms with E-state index in [1.54, 1.807) is 6.20 Å². The number of piperazine rings is 1. The van der Waals surface area contributed by atoms with E-state index in [1.165, 1.54) is 4.90 Å². The number of amides is 2. The molecule has 2 aliphatic rings. The fourth-order valence-corrected chi connectivity index (χ4v) is 5.35. The highest BCUT2D eigenvalue weighted by atomic mass is 16.3. The van der Waals surface area contributed by atoms with Crippen molar-refractivity contribution >= 4 is 17.5 Å². The van der Waals surface area contributed by atoms with Crippen molar-refractivity contribution in [2.75, 3.05) is 44.2 Å². The van der Waals surface area contributed by atoms with Crippen molar-refractivity contribution in [3.63, 3.8) is 0 Å². The van der Waals surface area contributed by atoms with E-state index in [0.29, 0.717) is 0 Å². The summed E-state index contributed by atoms with van der Waals surface area (Å²) in [7, 11) is 0. The highest BCUT2D eigenvalue weighted by Gasteiger charge is 2.41. The molecule has 10 nitrogen and oxygen atoms in total. The van der Waals surface area contributed by atoms with Gasteiger partial charge in [0, 0.05) is 74.6 Å². The summed E-state index contributed by atoms with van der Waals surface area (Å²) in [6, 6.07) is 6.63. The molecule has 0 spiro atoms. The van der Waals surface area contributed by atoms with Crippen LogP contribution < -0.4 is 15.5 Å². The number of β-amino-alcohol motifs (C(OH)–C–C–N with tert-alkyl or cyclic N) is 1. The molecule has 4 rings (SSSR count). The number of likely N-dealkylation sites (tertiary alicyclic amines) is 1. The number of hydrogen-bond donors (Lipinski definition) is 4. The minimum Gasteiger partial charge on any atom is -0.394 e. The Bertz CT molecular complexity index is 1110. The van der Waals surface area contributed by atoms with Gasteiger partial charge in [-0.1, -0.05) is 46.8 Å². The summed E-state index contributed by atoms with van der Waals surface area (Å²) in [5.41, 5.74) is 3.80. The zero-order valence-corrected chi connectivity index (χ0v) is 24.9. The summed E-state index contributed by atoms with van der Waals surface area (Å²) in [6.07, 6.45) is 1.23. The summed E-state index contributed by atoms with van der Waals surface area (Å²) in [5, 5.41) is 31.5. The van der Waals surface area contributed by atoms with Crippen molar-refractivity contribution in [2.24, 2.45) is 11.8 Å². The minimum absolute atomic E-state index is 0.123. The summed E-state index contributed by atoms with van der Waals surface area (Å²) < 4.78 is 1.94. The third-order valence-corrected chi connectivity index (χ3v) is 7.93. The van der Waals surface area contributed by atoms with Crippen LogP contribution in [0.3, 0.4) is 0 Å². The molecule has 4 unspecified atom stereocenters. The number of aliphatic hydroxyl groups excluding tert-OH is 2. The van der Waals surface area contributed by atoms with E-state index >= 15 is 0 Å². The Hall–Kier alpha value is -2.95. The van der Waals surface area contributed by atoms with E-state index in [1.807, 2.05) is 57.5 Å². The molecule has 2 aromatic rings. The number of nitrogens with one attached hydrogen (secondary N) is 2. The van der Waals surface area contributed by atoms with Gasteiger partial charge < -0.3 is 30.6 Å². The van der Waals surface area contributed by atoms with Crippen LogP contribution in [-0.4, -0.2) is 88.2 Å². The molecule has 4 N–H and O–H groups in total. The minimum atomic E-state index is -0.770. The van der Waals surface area contributed by atoms with Crippen LogP contribution in [0.25, 0.3) is 11.3 Å². The van der Waals surface area contributed by atoms with Crippen molar-refractivity contribution in [1.29, 1.82) is 0 Å². The average molecular weight is 557 g/mol. The number of benzene rings is 1. The zero-order chi connectivity index (χ0) is 29.4. The molecule has 4 atom stereocenters. The lowest BCUT2D eigenvalue weighted by atomic mass is 9.96. The maximum Gasteiger partial charge on any atom is 0.243 e. The van der Waals surface area contributed by atoms with E-state index in [9.17, 15) is 19.8 Å². The normalized spacial score (nSPS) is 20.6. The maximum atomic E-state index is 13.5. The smallest absolute Gasteiger partial charge is 0.243 e. The van der Waals surface area contributed by atoms with Crippen LogP contribution in [0.2, 0.25) is 0 Å². The highest BCUT2D eigenvalue weighted by Crippen LogP contribution is 2.33. The van der Waals surface area contributed by atoms with E-state index in [-0.39, 0.29) is 43.2 Å². The third kappa shape index (κ3) is 7.03. The van der Waals surface area contributed by atoms with Crippen LogP contribution in [0.1, 0.15) is 59.6 Å². The monoisotopic (exact) mass is 556 g/mol. The molecule has 2 aliphatic heterocycles. The van der Waals surface area contributed by atoms with Gasteiger partial charge in [-0.25, -0.2) is 0 Å².